The number of nitro benzene ring substituents is 1. The molecular weight excluding hydrogens is 533 g/mol. The molecule has 1 aliphatic rings. The minimum atomic E-state index is -4.44. The van der Waals surface area contributed by atoms with E-state index in [4.69, 9.17) is 9.84 Å². The Morgan fingerprint density at radius 3 is 2.10 bits per heavy atom. The van der Waals surface area contributed by atoms with Crippen LogP contribution in [0.1, 0.15) is 31.8 Å². The number of nitrogens with one attached hydrogen (secondary N) is 1. The van der Waals surface area contributed by atoms with E-state index < -0.39 is 28.6 Å². The summed E-state index contributed by atoms with van der Waals surface area (Å²) in [6.07, 6.45) is -4.44. The maximum Gasteiger partial charge on any atom is 0.416 e. The zero-order valence-electron chi connectivity index (χ0n) is 21.3. The van der Waals surface area contributed by atoms with Crippen molar-refractivity contribution >= 4 is 34.7 Å². The number of carboxylic acid groups (broad SMARTS) is 1. The summed E-state index contributed by atoms with van der Waals surface area (Å²) in [5, 5.41) is 24.1. The topological polar surface area (TPSA) is 125 Å². The molecule has 4 rings (SSSR count). The molecule has 40 heavy (non-hydrogen) atoms. The molecule has 0 aliphatic carbocycles. The number of aromatic carboxylic acids is 1. The van der Waals surface area contributed by atoms with Crippen LogP contribution in [0, 0.1) is 10.1 Å². The van der Waals surface area contributed by atoms with Gasteiger partial charge in [0.2, 0.25) is 0 Å². The van der Waals surface area contributed by atoms with Gasteiger partial charge in [-0.1, -0.05) is 12.1 Å². The number of hydrogen-bond acceptors (Lipinski definition) is 8. The smallest absolute Gasteiger partial charge is 0.416 e. The van der Waals surface area contributed by atoms with E-state index in [-0.39, 0.29) is 42.1 Å². The molecule has 0 amide bonds. The van der Waals surface area contributed by atoms with Crippen molar-refractivity contribution in [3.05, 3.63) is 93.0 Å². The number of carbonyl (C=O) groups is 2. The predicted molar refractivity (Wildman–Crippen MR) is 141 cm³/mol. The van der Waals surface area contributed by atoms with Crippen LogP contribution in [-0.2, 0) is 17.5 Å². The predicted octanol–water partition coefficient (Wildman–Crippen LogP) is 5.04. The second kappa shape index (κ2) is 11.5. The van der Waals surface area contributed by atoms with E-state index in [0.29, 0.717) is 30.0 Å². The highest BCUT2D eigenvalue weighted by Gasteiger charge is 2.33. The van der Waals surface area contributed by atoms with Crippen LogP contribution in [0.15, 0.2) is 60.7 Å². The normalized spacial score (nSPS) is 13.6. The van der Waals surface area contributed by atoms with Crippen LogP contribution in [0.5, 0.6) is 0 Å². The average molecular weight is 559 g/mol. The van der Waals surface area contributed by atoms with E-state index in [2.05, 4.69) is 5.32 Å². The Hall–Kier alpha value is -4.81. The van der Waals surface area contributed by atoms with Crippen LogP contribution >= 0.6 is 0 Å². The van der Waals surface area contributed by atoms with Gasteiger partial charge >= 0.3 is 18.1 Å². The van der Waals surface area contributed by atoms with Gasteiger partial charge in [-0.25, -0.2) is 9.59 Å². The molecule has 0 saturated carbocycles. The third-order valence-electron chi connectivity index (χ3n) is 6.58. The summed E-state index contributed by atoms with van der Waals surface area (Å²) < 4.78 is 43.7. The largest absolute Gasteiger partial charge is 0.478 e. The highest BCUT2D eigenvalue weighted by Crippen LogP contribution is 2.39. The lowest BCUT2D eigenvalue weighted by Gasteiger charge is -2.38. The molecule has 1 saturated heterocycles. The number of methoxy groups -OCH3 is 1. The zero-order valence-corrected chi connectivity index (χ0v) is 21.3. The summed E-state index contributed by atoms with van der Waals surface area (Å²) in [5.41, 5.74) is 0.713. The Balaban J connectivity index is 1.59. The number of esters is 1. The first-order valence-corrected chi connectivity index (χ1v) is 12.1. The van der Waals surface area contributed by atoms with Crippen molar-refractivity contribution in [3.8, 4) is 0 Å². The van der Waals surface area contributed by atoms with Crippen molar-refractivity contribution < 1.29 is 37.5 Å². The number of nitro groups is 1. The van der Waals surface area contributed by atoms with Crippen molar-refractivity contribution in [3.63, 3.8) is 0 Å². The molecule has 3 aromatic rings. The fourth-order valence-electron chi connectivity index (χ4n) is 4.52. The van der Waals surface area contributed by atoms with E-state index in [0.717, 1.165) is 12.1 Å². The van der Waals surface area contributed by atoms with Gasteiger partial charge in [-0.2, -0.15) is 13.2 Å². The second-order valence-electron chi connectivity index (χ2n) is 8.98. The highest BCUT2D eigenvalue weighted by molar-refractivity contribution is 6.04. The molecule has 1 fully saturated rings. The van der Waals surface area contributed by atoms with E-state index in [1.807, 2.05) is 4.90 Å². The van der Waals surface area contributed by atoms with Crippen molar-refractivity contribution in [2.75, 3.05) is 48.4 Å². The molecule has 0 atom stereocenters. The Morgan fingerprint density at radius 2 is 1.57 bits per heavy atom. The summed E-state index contributed by atoms with van der Waals surface area (Å²) in [7, 11) is 1.17. The number of benzene rings is 3. The van der Waals surface area contributed by atoms with Gasteiger partial charge in [0.25, 0.3) is 5.69 Å². The molecule has 0 bridgehead atoms. The van der Waals surface area contributed by atoms with Gasteiger partial charge in [-0.15, -0.1) is 0 Å². The van der Waals surface area contributed by atoms with Crippen LogP contribution in [-0.4, -0.2) is 55.3 Å². The summed E-state index contributed by atoms with van der Waals surface area (Å²) >= 11 is 0. The summed E-state index contributed by atoms with van der Waals surface area (Å²) in [6, 6.07) is 13.6. The maximum atomic E-state index is 12.9. The minimum Gasteiger partial charge on any atom is -0.478 e. The first-order valence-electron chi connectivity index (χ1n) is 12.1. The van der Waals surface area contributed by atoms with E-state index in [1.165, 1.54) is 43.5 Å². The van der Waals surface area contributed by atoms with Crippen LogP contribution in [0.4, 0.5) is 35.9 Å². The molecule has 1 aliphatic heterocycles. The van der Waals surface area contributed by atoms with Crippen LogP contribution in [0.3, 0.4) is 0 Å². The standard InChI is InChI=1S/C27H25F3N4O6/c1-40-26(37)23-21(31-16-17-2-4-18(5-3-17)25(35)36)10-11-22(34(38)39)24(23)33-14-12-32(13-15-33)20-8-6-19(7-9-20)27(28,29)30/h2-11,31H,12-16H2,1H3,(H,35,36). The van der Waals surface area contributed by atoms with Gasteiger partial charge in [0.05, 0.1) is 28.8 Å². The summed E-state index contributed by atoms with van der Waals surface area (Å²) in [4.78, 5) is 39.0. The number of alkyl halides is 3. The van der Waals surface area contributed by atoms with Gasteiger partial charge in [0, 0.05) is 44.5 Å². The molecule has 0 aromatic heterocycles. The van der Waals surface area contributed by atoms with Gasteiger partial charge in [-0.3, -0.25) is 10.1 Å². The molecule has 10 nitrogen and oxygen atoms in total. The number of ether oxygens (including phenoxy) is 1. The molecular formula is C27H25F3N4O6. The Labute approximate surface area is 226 Å². The van der Waals surface area contributed by atoms with E-state index in [9.17, 15) is 32.9 Å². The molecule has 0 spiro atoms. The maximum absolute atomic E-state index is 12.9. The number of nitrogens with zero attached hydrogens (tertiary/aromatic N) is 3. The van der Waals surface area contributed by atoms with Crippen LogP contribution in [0.2, 0.25) is 0 Å². The zero-order chi connectivity index (χ0) is 29.0. The lowest BCUT2D eigenvalue weighted by atomic mass is 10.0. The molecule has 2 N–H and O–H groups in total. The number of carboxylic acids is 1. The number of piperazine rings is 1. The van der Waals surface area contributed by atoms with Gasteiger partial charge in [0.15, 0.2) is 0 Å². The van der Waals surface area contributed by atoms with Crippen LogP contribution < -0.4 is 15.1 Å². The van der Waals surface area contributed by atoms with Crippen molar-refractivity contribution in [2.24, 2.45) is 0 Å². The number of anilines is 3. The van der Waals surface area contributed by atoms with Crippen molar-refractivity contribution in [1.29, 1.82) is 0 Å². The molecule has 0 radical (unpaired) electrons. The lowest BCUT2D eigenvalue weighted by Crippen LogP contribution is -2.47. The fourth-order valence-corrected chi connectivity index (χ4v) is 4.52. The van der Waals surface area contributed by atoms with E-state index >= 15 is 0 Å². The van der Waals surface area contributed by atoms with E-state index in [1.54, 1.807) is 17.0 Å². The first-order chi connectivity index (χ1) is 19.0. The molecule has 0 unspecified atom stereocenters. The van der Waals surface area contributed by atoms with Gasteiger partial charge < -0.3 is 25.0 Å². The molecule has 13 heteroatoms. The first kappa shape index (κ1) is 28.2. The van der Waals surface area contributed by atoms with Gasteiger partial charge in [-0.05, 0) is 48.0 Å². The monoisotopic (exact) mass is 558 g/mol. The summed E-state index contributed by atoms with van der Waals surface area (Å²) in [5.74, 6) is -1.85. The number of hydrogen-bond donors (Lipinski definition) is 2. The van der Waals surface area contributed by atoms with Crippen molar-refractivity contribution in [2.45, 2.75) is 12.7 Å². The van der Waals surface area contributed by atoms with Crippen LogP contribution in [0.25, 0.3) is 0 Å². The molecule has 3 aromatic carbocycles. The fraction of sp³-hybridized carbons (Fsp3) is 0.259. The second-order valence-corrected chi connectivity index (χ2v) is 8.98. The SMILES string of the molecule is COC(=O)c1c(NCc2ccc(C(=O)O)cc2)ccc([N+](=O)[O-])c1N1CCN(c2ccc(C(F)(F)F)cc2)CC1. The average Bonchev–Trinajstić information content (AvgIpc) is 2.95. The Kier molecular flexibility index (Phi) is 8.12. The number of carbonyl (C=O) groups excluding carboxylic acids is 1. The highest BCUT2D eigenvalue weighted by atomic mass is 19.4. The summed E-state index contributed by atoms with van der Waals surface area (Å²) in [6.45, 7) is 1.40. The minimum absolute atomic E-state index is 0.0261. The quantitative estimate of drug-likeness (QED) is 0.222. The molecule has 1 heterocycles. The Morgan fingerprint density at radius 1 is 0.975 bits per heavy atom. The molecule has 210 valence electrons. The third kappa shape index (κ3) is 6.08. The third-order valence-corrected chi connectivity index (χ3v) is 6.58. The number of halogens is 3. The van der Waals surface area contributed by atoms with Crippen molar-refractivity contribution in [1.82, 2.24) is 0 Å². The lowest BCUT2D eigenvalue weighted by molar-refractivity contribution is -0.384. The number of rotatable bonds is 8. The Bertz CT molecular complexity index is 1400. The van der Waals surface area contributed by atoms with Gasteiger partial charge in [0.1, 0.15) is 11.3 Å².